The Balaban J connectivity index is 0.000000791. The average molecular weight is 231 g/mol. The summed E-state index contributed by atoms with van der Waals surface area (Å²) in [5, 5.41) is 5.74. The molecule has 1 aromatic carbocycles. The van der Waals surface area contributed by atoms with Gasteiger partial charge in [0.1, 0.15) is 0 Å². The Morgan fingerprint density at radius 3 is 2.14 bits per heavy atom. The predicted octanol–water partition coefficient (Wildman–Crippen LogP) is 1.49. The summed E-state index contributed by atoms with van der Waals surface area (Å²) in [6.07, 6.45) is 3.15. The minimum atomic E-state index is -3.50. The van der Waals surface area contributed by atoms with Crippen molar-refractivity contribution in [3.05, 3.63) is 41.3 Å². The van der Waals surface area contributed by atoms with Gasteiger partial charge in [-0.1, -0.05) is 30.3 Å². The molecular weight excluding hydrogens is 218 g/mol. The zero-order valence-corrected chi connectivity index (χ0v) is 9.50. The van der Waals surface area contributed by atoms with Crippen molar-refractivity contribution in [2.75, 3.05) is 6.26 Å². The van der Waals surface area contributed by atoms with Crippen LogP contribution >= 0.6 is 12.6 Å². The Hall–Kier alpha value is -0.780. The van der Waals surface area contributed by atoms with Crippen LogP contribution < -0.4 is 5.14 Å². The van der Waals surface area contributed by atoms with E-state index in [0.717, 1.165) is 11.0 Å². The Labute approximate surface area is 90.1 Å². The van der Waals surface area contributed by atoms with Gasteiger partial charge in [-0.15, -0.1) is 0 Å². The molecule has 0 unspecified atom stereocenters. The van der Waals surface area contributed by atoms with E-state index < -0.39 is 10.0 Å². The van der Waals surface area contributed by atoms with Crippen LogP contribution in [-0.4, -0.2) is 14.7 Å². The fraction of sp³-hybridized carbons (Fsp3) is 0.111. The molecule has 0 amide bonds. The normalized spacial score (nSPS) is 10.8. The van der Waals surface area contributed by atoms with Gasteiger partial charge in [0.15, 0.2) is 0 Å². The van der Waals surface area contributed by atoms with E-state index in [-0.39, 0.29) is 0 Å². The van der Waals surface area contributed by atoms with Gasteiger partial charge in [-0.2, -0.15) is 12.6 Å². The van der Waals surface area contributed by atoms with Crippen LogP contribution in [0.5, 0.6) is 0 Å². The van der Waals surface area contributed by atoms with Gasteiger partial charge < -0.3 is 0 Å². The van der Waals surface area contributed by atoms with Crippen LogP contribution in [0.3, 0.4) is 0 Å². The third-order valence-corrected chi connectivity index (χ3v) is 1.77. The maximum atomic E-state index is 10.5. The molecule has 0 aliphatic rings. The van der Waals surface area contributed by atoms with Crippen LogP contribution in [0.4, 0.5) is 0 Å². The number of primary sulfonamides is 1. The average Bonchev–Trinajstić information content (AvgIpc) is 2.19. The highest BCUT2D eigenvalue weighted by Crippen LogP contribution is 2.01. The summed E-state index contributed by atoms with van der Waals surface area (Å²) >= 11 is 3.53. The Morgan fingerprint density at radius 1 is 1.21 bits per heavy atom. The first-order valence-corrected chi connectivity index (χ1v) is 6.29. The van der Waals surface area contributed by atoms with Crippen LogP contribution in [0.2, 0.25) is 0 Å². The zero-order chi connectivity index (χ0) is 11.0. The molecular formula is C9H13NO2S2. The van der Waals surface area contributed by atoms with Crippen molar-refractivity contribution in [2.24, 2.45) is 5.14 Å². The van der Waals surface area contributed by atoms with Crippen molar-refractivity contribution >= 4 is 28.7 Å². The topological polar surface area (TPSA) is 60.2 Å². The number of rotatable bonds is 2. The lowest BCUT2D eigenvalue weighted by atomic mass is 10.2. The van der Waals surface area contributed by atoms with E-state index in [9.17, 15) is 8.42 Å². The summed E-state index contributed by atoms with van der Waals surface area (Å²) in [4.78, 5) is 0. The van der Waals surface area contributed by atoms with Gasteiger partial charge in [-0.05, 0) is 17.9 Å². The maximum Gasteiger partial charge on any atom is 0.231 e. The van der Waals surface area contributed by atoms with Crippen LogP contribution in [-0.2, 0) is 10.0 Å². The number of benzene rings is 1. The lowest BCUT2D eigenvalue weighted by Gasteiger charge is -1.89. The smallest absolute Gasteiger partial charge is 0.225 e. The van der Waals surface area contributed by atoms with Crippen molar-refractivity contribution < 1.29 is 8.42 Å². The zero-order valence-electron chi connectivity index (χ0n) is 7.79. The van der Waals surface area contributed by atoms with Crippen molar-refractivity contribution in [1.29, 1.82) is 0 Å². The fourth-order valence-corrected chi connectivity index (χ4v) is 1.08. The standard InChI is InChI=1S/C8H9NO2S.CH4S/c9-12(10,11)7-6-8-4-2-1-3-5-8;1-2/h1-7H,(H2,9,10,11);2H,1H3/b7-6+;. The molecule has 0 bridgehead atoms. The first-order valence-electron chi connectivity index (χ1n) is 3.78. The van der Waals surface area contributed by atoms with Crippen LogP contribution in [0.25, 0.3) is 6.08 Å². The Kier molecular flexibility index (Phi) is 6.27. The third kappa shape index (κ3) is 6.71. The predicted molar refractivity (Wildman–Crippen MR) is 63.5 cm³/mol. The van der Waals surface area contributed by atoms with Crippen molar-refractivity contribution in [2.45, 2.75) is 0 Å². The van der Waals surface area contributed by atoms with E-state index in [1.54, 1.807) is 18.4 Å². The monoisotopic (exact) mass is 231 g/mol. The quantitative estimate of drug-likeness (QED) is 0.758. The second-order valence-corrected chi connectivity index (χ2v) is 3.75. The molecule has 0 aromatic heterocycles. The lowest BCUT2D eigenvalue weighted by Crippen LogP contribution is -2.06. The van der Waals surface area contributed by atoms with Gasteiger partial charge in [-0.3, -0.25) is 0 Å². The van der Waals surface area contributed by atoms with Crippen molar-refractivity contribution in [3.8, 4) is 0 Å². The van der Waals surface area contributed by atoms with Crippen LogP contribution in [0.1, 0.15) is 5.56 Å². The summed E-state index contributed by atoms with van der Waals surface area (Å²) < 4.78 is 21.0. The number of thiol groups is 1. The number of hydrogen-bond donors (Lipinski definition) is 2. The van der Waals surface area contributed by atoms with Gasteiger partial charge in [0.05, 0.1) is 0 Å². The van der Waals surface area contributed by atoms with Crippen LogP contribution in [0, 0.1) is 0 Å². The van der Waals surface area contributed by atoms with Gasteiger partial charge in [0, 0.05) is 5.41 Å². The molecule has 0 atom stereocenters. The van der Waals surface area contributed by atoms with E-state index in [1.165, 1.54) is 6.08 Å². The molecule has 5 heteroatoms. The molecule has 0 aliphatic carbocycles. The molecule has 0 heterocycles. The minimum Gasteiger partial charge on any atom is -0.225 e. The van der Waals surface area contributed by atoms with E-state index in [1.807, 2.05) is 18.2 Å². The SMILES string of the molecule is CS.NS(=O)(=O)/C=C/c1ccccc1. The Morgan fingerprint density at radius 2 is 1.71 bits per heavy atom. The van der Waals surface area contributed by atoms with E-state index in [0.29, 0.717) is 0 Å². The molecule has 0 radical (unpaired) electrons. The first-order chi connectivity index (χ1) is 6.58. The third-order valence-electron chi connectivity index (χ3n) is 1.25. The number of hydrogen-bond acceptors (Lipinski definition) is 3. The van der Waals surface area contributed by atoms with Gasteiger partial charge in [-0.25, -0.2) is 13.6 Å². The Bertz CT molecular complexity index is 371. The van der Waals surface area contributed by atoms with E-state index in [4.69, 9.17) is 5.14 Å². The summed E-state index contributed by atoms with van der Waals surface area (Å²) in [5.74, 6) is 0. The second kappa shape index (κ2) is 6.64. The fourth-order valence-electron chi connectivity index (χ4n) is 0.738. The highest BCUT2D eigenvalue weighted by atomic mass is 32.2. The molecule has 0 spiro atoms. The molecule has 0 aliphatic heterocycles. The molecule has 0 fully saturated rings. The highest BCUT2D eigenvalue weighted by Gasteiger charge is 1.92. The minimum absolute atomic E-state index is 0.812. The van der Waals surface area contributed by atoms with Gasteiger partial charge in [0.25, 0.3) is 0 Å². The molecule has 1 rings (SSSR count). The summed E-state index contributed by atoms with van der Waals surface area (Å²) in [5.41, 5.74) is 0.812. The lowest BCUT2D eigenvalue weighted by molar-refractivity contribution is 0.606. The first kappa shape index (κ1) is 13.2. The summed E-state index contributed by atoms with van der Waals surface area (Å²) in [7, 11) is -3.50. The van der Waals surface area contributed by atoms with Crippen LogP contribution in [0.15, 0.2) is 35.7 Å². The molecule has 0 saturated carbocycles. The summed E-state index contributed by atoms with van der Waals surface area (Å²) in [6, 6.07) is 9.09. The largest absolute Gasteiger partial charge is 0.231 e. The number of nitrogens with two attached hydrogens (primary N) is 1. The number of sulfonamides is 1. The highest BCUT2D eigenvalue weighted by molar-refractivity contribution is 7.92. The van der Waals surface area contributed by atoms with E-state index >= 15 is 0 Å². The summed E-state index contributed by atoms with van der Waals surface area (Å²) in [6.45, 7) is 0. The molecule has 2 N–H and O–H groups in total. The second-order valence-electron chi connectivity index (χ2n) is 2.30. The van der Waals surface area contributed by atoms with E-state index in [2.05, 4.69) is 12.6 Å². The van der Waals surface area contributed by atoms with Crippen molar-refractivity contribution in [3.63, 3.8) is 0 Å². The molecule has 0 saturated heterocycles. The van der Waals surface area contributed by atoms with Gasteiger partial charge in [0.2, 0.25) is 10.0 Å². The molecule has 78 valence electrons. The molecule has 14 heavy (non-hydrogen) atoms. The molecule has 3 nitrogen and oxygen atoms in total. The van der Waals surface area contributed by atoms with Crippen molar-refractivity contribution in [1.82, 2.24) is 0 Å². The maximum absolute atomic E-state index is 10.5. The molecule has 1 aromatic rings. The van der Waals surface area contributed by atoms with Gasteiger partial charge >= 0.3 is 0 Å².